The highest BCUT2D eigenvalue weighted by Gasteiger charge is 2.15. The summed E-state index contributed by atoms with van der Waals surface area (Å²) in [6, 6.07) is 7.69. The zero-order valence-corrected chi connectivity index (χ0v) is 11.5. The normalized spacial score (nSPS) is 9.86. The highest BCUT2D eigenvalue weighted by Crippen LogP contribution is 2.26. The molecule has 0 saturated carbocycles. The van der Waals surface area contributed by atoms with Crippen LogP contribution in [-0.4, -0.2) is 10.8 Å². The molecule has 1 aromatic heterocycles. The van der Waals surface area contributed by atoms with Gasteiger partial charge in [0, 0.05) is 22.9 Å². The van der Waals surface area contributed by atoms with E-state index in [-0.39, 0.29) is 11.3 Å². The smallest absolute Gasteiger partial charge is 0.293 e. The van der Waals surface area contributed by atoms with Gasteiger partial charge >= 0.3 is 0 Å². The number of amides is 1. The summed E-state index contributed by atoms with van der Waals surface area (Å²) in [5.74, 6) is -0.512. The third-order valence-corrected chi connectivity index (χ3v) is 3.65. The van der Waals surface area contributed by atoms with E-state index < -0.39 is 10.8 Å². The van der Waals surface area contributed by atoms with Gasteiger partial charge in [-0.25, -0.2) is 0 Å². The number of nitrogens with one attached hydrogen (secondary N) is 1. The summed E-state index contributed by atoms with van der Waals surface area (Å²) in [4.78, 5) is 22.3. The van der Waals surface area contributed by atoms with Gasteiger partial charge in [0.2, 0.25) is 5.91 Å². The molecule has 0 bridgehead atoms. The van der Waals surface area contributed by atoms with Crippen molar-refractivity contribution in [2.24, 2.45) is 5.73 Å². The summed E-state index contributed by atoms with van der Waals surface area (Å²) < 4.78 is 0. The van der Waals surface area contributed by atoms with Gasteiger partial charge in [-0.1, -0.05) is 0 Å². The van der Waals surface area contributed by atoms with Crippen LogP contribution >= 0.6 is 11.3 Å². The Bertz CT molecular complexity index is 748. The molecule has 1 amide bonds. The van der Waals surface area contributed by atoms with E-state index in [9.17, 15) is 14.9 Å². The molecule has 3 N–H and O–H groups in total. The van der Waals surface area contributed by atoms with Gasteiger partial charge in [-0.15, -0.1) is 11.3 Å². The third kappa shape index (κ3) is 3.34. The lowest BCUT2D eigenvalue weighted by Crippen LogP contribution is -2.09. The number of nitro benzene ring substituents is 1. The highest BCUT2D eigenvalue weighted by atomic mass is 32.1. The van der Waals surface area contributed by atoms with E-state index in [1.54, 1.807) is 11.4 Å². The molecule has 8 heteroatoms. The lowest BCUT2D eigenvalue weighted by Gasteiger charge is -2.05. The first kappa shape index (κ1) is 14.5. The molecule has 0 fully saturated rings. The molecule has 0 spiro atoms. The van der Waals surface area contributed by atoms with Crippen molar-refractivity contribution in [3.63, 3.8) is 0 Å². The van der Waals surface area contributed by atoms with Crippen molar-refractivity contribution in [3.8, 4) is 6.07 Å². The van der Waals surface area contributed by atoms with Crippen molar-refractivity contribution in [2.75, 3.05) is 5.32 Å². The van der Waals surface area contributed by atoms with Crippen LogP contribution in [0.3, 0.4) is 0 Å². The number of primary amides is 1. The Kier molecular flexibility index (Phi) is 4.15. The van der Waals surface area contributed by atoms with Gasteiger partial charge in [-0.3, -0.25) is 14.9 Å². The average Bonchev–Trinajstić information content (AvgIpc) is 2.94. The molecule has 0 saturated heterocycles. The number of rotatable bonds is 5. The standard InChI is InChI=1S/C13H10N4O3S/c14-5-8-1-2-11(12(3-8)17(19)20)16-6-10-4-9(7-21-10)13(15)18/h1-4,7,16H,6H2,(H2,15,18). The Labute approximate surface area is 123 Å². The van der Waals surface area contributed by atoms with Crippen LogP contribution in [0.15, 0.2) is 29.6 Å². The number of carbonyl (C=O) groups excluding carboxylic acids is 1. The minimum absolute atomic E-state index is 0.166. The molecule has 0 aliphatic heterocycles. The number of carbonyl (C=O) groups is 1. The summed E-state index contributed by atoms with van der Waals surface area (Å²) in [7, 11) is 0. The molecule has 0 aliphatic rings. The molecule has 0 radical (unpaired) electrons. The predicted molar refractivity (Wildman–Crippen MR) is 78.0 cm³/mol. The summed E-state index contributed by atoms with van der Waals surface area (Å²) in [6.45, 7) is 0.324. The van der Waals surface area contributed by atoms with E-state index in [0.29, 0.717) is 17.8 Å². The van der Waals surface area contributed by atoms with Crippen molar-refractivity contribution in [1.29, 1.82) is 5.26 Å². The van der Waals surface area contributed by atoms with Crippen LogP contribution in [0.5, 0.6) is 0 Å². The Morgan fingerprint density at radius 1 is 1.48 bits per heavy atom. The van der Waals surface area contributed by atoms with Crippen molar-refractivity contribution in [3.05, 3.63) is 55.8 Å². The van der Waals surface area contributed by atoms with Crippen LogP contribution < -0.4 is 11.1 Å². The van der Waals surface area contributed by atoms with Gasteiger partial charge < -0.3 is 11.1 Å². The molecule has 21 heavy (non-hydrogen) atoms. The number of anilines is 1. The molecule has 1 heterocycles. The van der Waals surface area contributed by atoms with Crippen LogP contribution in [0.25, 0.3) is 0 Å². The molecular weight excluding hydrogens is 292 g/mol. The fraction of sp³-hybridized carbons (Fsp3) is 0.0769. The largest absolute Gasteiger partial charge is 0.375 e. The van der Waals surface area contributed by atoms with E-state index in [1.807, 2.05) is 6.07 Å². The lowest BCUT2D eigenvalue weighted by atomic mass is 10.2. The number of thiophene rings is 1. The Hall–Kier alpha value is -2.92. The van der Waals surface area contributed by atoms with Crippen molar-refractivity contribution >= 4 is 28.6 Å². The summed E-state index contributed by atoms with van der Waals surface area (Å²) >= 11 is 1.33. The van der Waals surface area contributed by atoms with Crippen LogP contribution in [0, 0.1) is 21.4 Å². The molecule has 0 atom stereocenters. The Morgan fingerprint density at radius 3 is 2.81 bits per heavy atom. The molecule has 7 nitrogen and oxygen atoms in total. The quantitative estimate of drug-likeness (QED) is 0.647. The third-order valence-electron chi connectivity index (χ3n) is 2.71. The van der Waals surface area contributed by atoms with Crippen LogP contribution in [0.2, 0.25) is 0 Å². The van der Waals surface area contributed by atoms with Gasteiger partial charge in [0.05, 0.1) is 22.1 Å². The van der Waals surface area contributed by atoms with E-state index in [2.05, 4.69) is 5.32 Å². The van der Waals surface area contributed by atoms with E-state index in [0.717, 1.165) is 4.88 Å². The van der Waals surface area contributed by atoms with Crippen molar-refractivity contribution in [2.45, 2.75) is 6.54 Å². The minimum atomic E-state index is -0.549. The van der Waals surface area contributed by atoms with Gasteiger partial charge in [-0.2, -0.15) is 5.26 Å². The lowest BCUT2D eigenvalue weighted by molar-refractivity contribution is -0.384. The first-order valence-corrected chi connectivity index (χ1v) is 6.69. The fourth-order valence-corrected chi connectivity index (χ4v) is 2.50. The summed E-state index contributed by atoms with van der Waals surface area (Å²) in [5.41, 5.74) is 5.93. The fourth-order valence-electron chi connectivity index (χ4n) is 1.69. The predicted octanol–water partition coefficient (Wildman–Crippen LogP) is 2.24. The average molecular weight is 302 g/mol. The van der Waals surface area contributed by atoms with Crippen LogP contribution in [-0.2, 0) is 6.54 Å². The van der Waals surface area contributed by atoms with E-state index >= 15 is 0 Å². The number of benzene rings is 1. The molecule has 0 unspecified atom stereocenters. The number of nitriles is 1. The minimum Gasteiger partial charge on any atom is -0.375 e. The van der Waals surface area contributed by atoms with Gasteiger partial charge in [0.15, 0.2) is 0 Å². The maximum atomic E-state index is 11.0. The molecule has 106 valence electrons. The van der Waals surface area contributed by atoms with Crippen LogP contribution in [0.1, 0.15) is 20.8 Å². The second kappa shape index (κ2) is 6.02. The van der Waals surface area contributed by atoms with Gasteiger partial charge in [-0.05, 0) is 18.2 Å². The zero-order chi connectivity index (χ0) is 15.4. The first-order chi connectivity index (χ1) is 10.0. The molecule has 2 aromatic rings. The number of hydrogen-bond donors (Lipinski definition) is 2. The number of nitro groups is 1. The molecule has 0 aliphatic carbocycles. The first-order valence-electron chi connectivity index (χ1n) is 5.81. The zero-order valence-electron chi connectivity index (χ0n) is 10.7. The SMILES string of the molecule is N#Cc1ccc(NCc2cc(C(N)=O)cs2)c([N+](=O)[O-])c1. The summed E-state index contributed by atoms with van der Waals surface area (Å²) in [6.07, 6.45) is 0. The second-order valence-electron chi connectivity index (χ2n) is 4.12. The number of nitrogens with two attached hydrogens (primary N) is 1. The number of nitrogens with zero attached hydrogens (tertiary/aromatic N) is 2. The maximum absolute atomic E-state index is 11.0. The molecule has 1 aromatic carbocycles. The van der Waals surface area contributed by atoms with Crippen molar-refractivity contribution < 1.29 is 9.72 Å². The monoisotopic (exact) mass is 302 g/mol. The Morgan fingerprint density at radius 2 is 2.24 bits per heavy atom. The molecule has 2 rings (SSSR count). The summed E-state index contributed by atoms with van der Waals surface area (Å²) in [5, 5.41) is 24.3. The van der Waals surface area contributed by atoms with Crippen LogP contribution in [0.4, 0.5) is 11.4 Å². The van der Waals surface area contributed by atoms with E-state index in [4.69, 9.17) is 11.0 Å². The van der Waals surface area contributed by atoms with Gasteiger partial charge in [0.1, 0.15) is 5.69 Å². The second-order valence-corrected chi connectivity index (χ2v) is 5.12. The highest BCUT2D eigenvalue weighted by molar-refractivity contribution is 7.10. The maximum Gasteiger partial charge on any atom is 0.293 e. The van der Waals surface area contributed by atoms with Gasteiger partial charge in [0.25, 0.3) is 5.69 Å². The molecular formula is C13H10N4O3S. The number of hydrogen-bond acceptors (Lipinski definition) is 6. The topological polar surface area (TPSA) is 122 Å². The van der Waals surface area contributed by atoms with Crippen molar-refractivity contribution in [1.82, 2.24) is 0 Å². The van der Waals surface area contributed by atoms with E-state index in [1.165, 1.54) is 29.5 Å². The Balaban J connectivity index is 2.17.